The molecule has 301 valence electrons. The number of aromatic nitrogens is 6. The summed E-state index contributed by atoms with van der Waals surface area (Å²) in [6.45, 7) is 15.1. The molecule has 0 unspecified atom stereocenters. The van der Waals surface area contributed by atoms with Crippen LogP contribution in [-0.2, 0) is 26.3 Å². The molecular weight excluding hydrogens is 942 g/mol. The Morgan fingerprint density at radius 1 is 0.746 bits per heavy atom. The summed E-state index contributed by atoms with van der Waals surface area (Å²) in [5, 5.41) is 13.2. The topological polar surface area (TPSA) is 82.5 Å². The van der Waals surface area contributed by atoms with Gasteiger partial charge in [-0.2, -0.15) is 13.2 Å². The molecule has 9 aromatic rings. The number of pyridine rings is 2. The van der Waals surface area contributed by atoms with Crippen LogP contribution in [0.3, 0.4) is 0 Å². The molecular formula is C47H41F3IrN6OSi-2. The number of nitrogens with zero attached hydrogens (tertiary/aromatic N) is 6. The molecule has 0 atom stereocenters. The summed E-state index contributed by atoms with van der Waals surface area (Å²) in [5.41, 5.74) is 6.30. The van der Waals surface area contributed by atoms with Gasteiger partial charge in [-0.3, -0.25) is 9.97 Å². The molecule has 1 radical (unpaired) electrons. The molecule has 9 rings (SSSR count). The Labute approximate surface area is 355 Å². The number of fused-ring (bicyclic) bond motifs is 6. The minimum atomic E-state index is -4.64. The van der Waals surface area contributed by atoms with E-state index in [2.05, 4.69) is 69.1 Å². The third-order valence-electron chi connectivity index (χ3n) is 10.3. The molecule has 7 nitrogen and oxygen atoms in total. The number of imidazole rings is 1. The van der Waals surface area contributed by atoms with Crippen LogP contribution in [0.2, 0.25) is 19.6 Å². The van der Waals surface area contributed by atoms with Crippen LogP contribution >= 0.6 is 0 Å². The summed E-state index contributed by atoms with van der Waals surface area (Å²) in [4.78, 5) is 12.9. The molecule has 5 aromatic heterocycles. The number of hydrogen-bond acceptors (Lipinski definition) is 6. The standard InChI is InChI=1S/C33H25F3N5O.C14H16NSi.Ir/c1-17(2)19-7-5-8-20(18(3)4)30(19)41-16-29(33(34,35)36)38-32(41)22-10-6-9-21-24-13-27-23(14-28(24)42-31(21)22)25-15-37-12-11-26(25)39-40-27;1-16(2,3)13-9-10-14(15-11-13)12-7-5-4-6-8-12;/h5-9,11-18H,1-4H3;4-7,9-11H,1-3H3;/q2*-1;. The minimum absolute atomic E-state index is 0. The largest absolute Gasteiger partial charge is 0.501 e. The molecule has 59 heavy (non-hydrogen) atoms. The van der Waals surface area contributed by atoms with Gasteiger partial charge in [-0.15, -0.1) is 64.3 Å². The van der Waals surface area contributed by atoms with Gasteiger partial charge in [-0.1, -0.05) is 88.6 Å². The summed E-state index contributed by atoms with van der Waals surface area (Å²) < 4.78 is 50.5. The Kier molecular flexibility index (Phi) is 11.5. The number of para-hydroxylation sites is 1. The van der Waals surface area contributed by atoms with Gasteiger partial charge in [-0.25, -0.2) is 0 Å². The maximum atomic E-state index is 14.2. The Bertz CT molecular complexity index is 2910. The zero-order chi connectivity index (χ0) is 40.9. The van der Waals surface area contributed by atoms with Gasteiger partial charge in [0.25, 0.3) is 0 Å². The molecule has 0 saturated carbocycles. The van der Waals surface area contributed by atoms with Crippen LogP contribution in [0.25, 0.3) is 72.1 Å². The number of halogens is 3. The first-order chi connectivity index (χ1) is 27.7. The normalized spacial score (nSPS) is 12.1. The first kappa shape index (κ1) is 41.6. The maximum Gasteiger partial charge on any atom is 0.433 e. The summed E-state index contributed by atoms with van der Waals surface area (Å²) in [5.74, 6) is 0.236. The van der Waals surface area contributed by atoms with Gasteiger partial charge in [0.1, 0.15) is 5.58 Å². The molecule has 0 saturated heterocycles. The van der Waals surface area contributed by atoms with Gasteiger partial charge < -0.3 is 14.0 Å². The van der Waals surface area contributed by atoms with E-state index < -0.39 is 19.9 Å². The van der Waals surface area contributed by atoms with Crippen LogP contribution in [0.15, 0.2) is 114 Å². The van der Waals surface area contributed by atoms with Crippen molar-refractivity contribution >= 4 is 57.0 Å². The fourth-order valence-corrected chi connectivity index (χ4v) is 8.27. The number of alkyl halides is 3. The molecule has 0 spiro atoms. The second kappa shape index (κ2) is 16.2. The zero-order valence-electron chi connectivity index (χ0n) is 33.6. The van der Waals surface area contributed by atoms with Crippen molar-refractivity contribution in [1.82, 2.24) is 29.7 Å². The van der Waals surface area contributed by atoms with Crippen LogP contribution < -0.4 is 5.19 Å². The average molecular weight is 983 g/mol. The van der Waals surface area contributed by atoms with Crippen molar-refractivity contribution in [1.29, 1.82) is 0 Å². The van der Waals surface area contributed by atoms with E-state index in [0.29, 0.717) is 33.5 Å². The van der Waals surface area contributed by atoms with E-state index in [9.17, 15) is 13.2 Å². The molecule has 0 aliphatic heterocycles. The van der Waals surface area contributed by atoms with E-state index in [1.54, 1.807) is 29.1 Å². The predicted molar refractivity (Wildman–Crippen MR) is 228 cm³/mol. The van der Waals surface area contributed by atoms with E-state index >= 15 is 0 Å². The smallest absolute Gasteiger partial charge is 0.433 e. The maximum absolute atomic E-state index is 14.2. The molecule has 0 aliphatic carbocycles. The van der Waals surface area contributed by atoms with Crippen molar-refractivity contribution in [3.8, 4) is 28.3 Å². The summed E-state index contributed by atoms with van der Waals surface area (Å²) in [6.07, 6.45) is 1.85. The number of rotatable bonds is 6. The third-order valence-corrected chi connectivity index (χ3v) is 12.3. The van der Waals surface area contributed by atoms with Gasteiger partial charge in [0.05, 0.1) is 30.5 Å². The van der Waals surface area contributed by atoms with E-state index in [-0.39, 0.29) is 37.8 Å². The van der Waals surface area contributed by atoms with Crippen LogP contribution in [0.4, 0.5) is 13.2 Å². The zero-order valence-corrected chi connectivity index (χ0v) is 37.0. The first-order valence-corrected chi connectivity index (χ1v) is 22.7. The number of benzene rings is 4. The summed E-state index contributed by atoms with van der Waals surface area (Å²) >= 11 is 0. The first-order valence-electron chi connectivity index (χ1n) is 19.2. The second-order valence-electron chi connectivity index (χ2n) is 16.0. The molecule has 5 heterocycles. The molecule has 0 bridgehead atoms. The SMILES string of the molecule is CC(C)c1cccc(C(C)C)c1-n1cc(C(F)(F)F)nc1-c1[c-]ccc2c1oc1cc3c(cc12)nnc1ccncc13.C[Si](C)(C)c1ccc(-c2[c-]cccc2)nc1.[Ir]. The second-order valence-corrected chi connectivity index (χ2v) is 21.1. The van der Waals surface area contributed by atoms with Crippen molar-refractivity contribution in [3.63, 3.8) is 0 Å². The van der Waals surface area contributed by atoms with Gasteiger partial charge in [0, 0.05) is 66.7 Å². The fraction of sp³-hybridized carbons (Fsp3) is 0.213. The average Bonchev–Trinajstić information content (AvgIpc) is 3.82. The minimum Gasteiger partial charge on any atom is -0.501 e. The monoisotopic (exact) mass is 983 g/mol. The molecule has 0 fully saturated rings. The van der Waals surface area contributed by atoms with Gasteiger partial charge in [0.15, 0.2) is 5.69 Å². The molecule has 0 N–H and O–H groups in total. The predicted octanol–water partition coefficient (Wildman–Crippen LogP) is 12.1. The molecule has 0 amide bonds. The van der Waals surface area contributed by atoms with E-state index in [1.807, 2.05) is 94.6 Å². The van der Waals surface area contributed by atoms with Crippen LogP contribution in [0.1, 0.15) is 56.4 Å². The fourth-order valence-electron chi connectivity index (χ4n) is 7.23. The van der Waals surface area contributed by atoms with Gasteiger partial charge in [-0.05, 0) is 52.0 Å². The quantitative estimate of drug-likeness (QED) is 0.0938. The summed E-state index contributed by atoms with van der Waals surface area (Å²) in [6, 6.07) is 33.5. The Balaban J connectivity index is 0.000000262. The van der Waals surface area contributed by atoms with Gasteiger partial charge in [0.2, 0.25) is 0 Å². The van der Waals surface area contributed by atoms with Crippen molar-refractivity contribution in [3.05, 3.63) is 139 Å². The summed E-state index contributed by atoms with van der Waals surface area (Å²) in [7, 11) is -1.23. The van der Waals surface area contributed by atoms with Gasteiger partial charge >= 0.3 is 6.18 Å². The van der Waals surface area contributed by atoms with Crippen LogP contribution in [0, 0.1) is 12.1 Å². The molecule has 0 aliphatic rings. The van der Waals surface area contributed by atoms with Crippen LogP contribution in [-0.4, -0.2) is 37.8 Å². The molecule has 12 heteroatoms. The van der Waals surface area contributed by atoms with E-state index in [4.69, 9.17) is 4.42 Å². The van der Waals surface area contributed by atoms with E-state index in [0.717, 1.165) is 50.1 Å². The number of hydrogen-bond donors (Lipinski definition) is 0. The van der Waals surface area contributed by atoms with Crippen molar-refractivity contribution in [2.45, 2.75) is 65.3 Å². The third kappa shape index (κ3) is 8.09. The van der Waals surface area contributed by atoms with Crippen LogP contribution in [0.5, 0.6) is 0 Å². The Morgan fingerprint density at radius 2 is 1.49 bits per heavy atom. The van der Waals surface area contributed by atoms with Crippen molar-refractivity contribution in [2.75, 3.05) is 0 Å². The Morgan fingerprint density at radius 3 is 2.14 bits per heavy atom. The van der Waals surface area contributed by atoms with E-state index in [1.165, 1.54) is 5.19 Å². The Hall–Kier alpha value is -5.55. The number of furan rings is 1. The molecule has 4 aromatic carbocycles. The van der Waals surface area contributed by atoms with Crippen molar-refractivity contribution < 1.29 is 37.7 Å². The van der Waals surface area contributed by atoms with Crippen molar-refractivity contribution in [2.24, 2.45) is 0 Å².